The van der Waals surface area contributed by atoms with Crippen LogP contribution in [0.25, 0.3) is 0 Å². The molecular weight excluding hydrogens is 352 g/mol. The molecule has 1 saturated heterocycles. The lowest BCUT2D eigenvalue weighted by molar-refractivity contribution is 0.0631. The van der Waals surface area contributed by atoms with Gasteiger partial charge in [0.2, 0.25) is 0 Å². The summed E-state index contributed by atoms with van der Waals surface area (Å²) in [5.41, 5.74) is 1.66. The van der Waals surface area contributed by atoms with Crippen LogP contribution in [0, 0.1) is 5.92 Å². The molecule has 1 fully saturated rings. The summed E-state index contributed by atoms with van der Waals surface area (Å²) in [4.78, 5) is 15.0. The van der Waals surface area contributed by atoms with Crippen LogP contribution >= 0.6 is 0 Å². The summed E-state index contributed by atoms with van der Waals surface area (Å²) in [6.45, 7) is 2.08. The summed E-state index contributed by atoms with van der Waals surface area (Å²) >= 11 is 0. The molecule has 1 aliphatic heterocycles. The first kappa shape index (κ1) is 18.3. The first-order valence-electron chi connectivity index (χ1n) is 9.74. The molecule has 0 radical (unpaired) electrons. The fourth-order valence-electron chi connectivity index (χ4n) is 3.63. The second-order valence-electron chi connectivity index (χ2n) is 7.21. The van der Waals surface area contributed by atoms with Gasteiger partial charge in [-0.1, -0.05) is 53.7 Å². The lowest BCUT2D eigenvalue weighted by Crippen LogP contribution is -2.41. The number of hydrogen-bond donors (Lipinski definition) is 0. The van der Waals surface area contributed by atoms with E-state index in [0.29, 0.717) is 36.8 Å². The van der Waals surface area contributed by atoms with E-state index in [1.165, 1.54) is 0 Å². The van der Waals surface area contributed by atoms with E-state index in [4.69, 9.17) is 9.26 Å². The third-order valence-electron chi connectivity index (χ3n) is 5.12. The number of piperidine rings is 1. The quantitative estimate of drug-likeness (QED) is 0.647. The molecule has 0 bridgehead atoms. The van der Waals surface area contributed by atoms with Crippen LogP contribution in [0.3, 0.4) is 0 Å². The standard InChI is InChI=1S/C23H24N2O3/c26-23(21-15-24-28-22(21)14-18-8-3-1-4-9-18)25-13-7-10-19(16-25)17-27-20-11-5-2-6-12-20/h1-6,8-9,11-12,15,19H,7,10,13-14,16-17H2. The molecule has 0 aliphatic carbocycles. The number of para-hydroxylation sites is 1. The van der Waals surface area contributed by atoms with Crippen LogP contribution in [0.4, 0.5) is 0 Å². The van der Waals surface area contributed by atoms with Crippen molar-refractivity contribution in [3.05, 3.63) is 83.7 Å². The SMILES string of the molecule is O=C(c1cnoc1Cc1ccccc1)N1CCCC(COc2ccccc2)C1. The van der Waals surface area contributed by atoms with E-state index in [2.05, 4.69) is 5.16 Å². The van der Waals surface area contributed by atoms with Crippen LogP contribution in [-0.4, -0.2) is 35.7 Å². The maximum Gasteiger partial charge on any atom is 0.259 e. The van der Waals surface area contributed by atoms with E-state index >= 15 is 0 Å². The van der Waals surface area contributed by atoms with Gasteiger partial charge in [-0.15, -0.1) is 0 Å². The molecule has 1 aromatic heterocycles. The Hall–Kier alpha value is -3.08. The Morgan fingerprint density at radius 3 is 2.64 bits per heavy atom. The summed E-state index contributed by atoms with van der Waals surface area (Å²) < 4.78 is 11.3. The van der Waals surface area contributed by atoms with Crippen molar-refractivity contribution in [2.45, 2.75) is 19.3 Å². The van der Waals surface area contributed by atoms with Gasteiger partial charge < -0.3 is 14.2 Å². The molecule has 5 heteroatoms. The number of benzene rings is 2. The Labute approximate surface area is 164 Å². The highest BCUT2D eigenvalue weighted by Gasteiger charge is 2.28. The molecular formula is C23H24N2O3. The number of nitrogens with zero attached hydrogens (tertiary/aromatic N) is 2. The molecule has 3 aromatic rings. The molecule has 1 unspecified atom stereocenters. The Morgan fingerprint density at radius 2 is 1.86 bits per heavy atom. The lowest BCUT2D eigenvalue weighted by Gasteiger charge is -2.32. The molecule has 144 valence electrons. The van der Waals surface area contributed by atoms with Gasteiger partial charge in [-0.2, -0.15) is 0 Å². The topological polar surface area (TPSA) is 55.6 Å². The smallest absolute Gasteiger partial charge is 0.259 e. The number of likely N-dealkylation sites (tertiary alicyclic amines) is 1. The average Bonchev–Trinajstić information content (AvgIpc) is 3.21. The molecule has 0 N–H and O–H groups in total. The van der Waals surface area contributed by atoms with E-state index in [0.717, 1.165) is 30.7 Å². The zero-order valence-electron chi connectivity index (χ0n) is 15.8. The van der Waals surface area contributed by atoms with Crippen LogP contribution in [0.5, 0.6) is 5.75 Å². The maximum absolute atomic E-state index is 13.1. The Morgan fingerprint density at radius 1 is 1.11 bits per heavy atom. The van der Waals surface area contributed by atoms with Crippen molar-refractivity contribution in [1.29, 1.82) is 0 Å². The molecule has 2 heterocycles. The largest absolute Gasteiger partial charge is 0.493 e. The number of hydrogen-bond acceptors (Lipinski definition) is 4. The molecule has 1 atom stereocenters. The predicted octanol–water partition coefficient (Wildman–Crippen LogP) is 4.20. The van der Waals surface area contributed by atoms with E-state index in [9.17, 15) is 4.79 Å². The minimum absolute atomic E-state index is 0.00316. The van der Waals surface area contributed by atoms with Gasteiger partial charge in [-0.25, -0.2) is 0 Å². The van der Waals surface area contributed by atoms with E-state index in [1.54, 1.807) is 6.20 Å². The fourth-order valence-corrected chi connectivity index (χ4v) is 3.63. The van der Waals surface area contributed by atoms with Gasteiger partial charge in [0.25, 0.3) is 5.91 Å². The van der Waals surface area contributed by atoms with E-state index in [1.807, 2.05) is 65.6 Å². The van der Waals surface area contributed by atoms with Gasteiger partial charge in [0.1, 0.15) is 11.3 Å². The predicted molar refractivity (Wildman–Crippen MR) is 106 cm³/mol. The van der Waals surface area contributed by atoms with Crippen molar-refractivity contribution in [2.75, 3.05) is 19.7 Å². The Kier molecular flexibility index (Phi) is 5.71. The Balaban J connectivity index is 1.39. The monoisotopic (exact) mass is 376 g/mol. The second kappa shape index (κ2) is 8.74. The minimum Gasteiger partial charge on any atom is -0.493 e. The number of ether oxygens (including phenoxy) is 1. The highest BCUT2D eigenvalue weighted by Crippen LogP contribution is 2.22. The number of amides is 1. The third-order valence-corrected chi connectivity index (χ3v) is 5.12. The average molecular weight is 376 g/mol. The van der Waals surface area contributed by atoms with Gasteiger partial charge >= 0.3 is 0 Å². The zero-order valence-corrected chi connectivity index (χ0v) is 15.8. The summed E-state index contributed by atoms with van der Waals surface area (Å²) in [6.07, 6.45) is 4.16. The maximum atomic E-state index is 13.1. The van der Waals surface area contributed by atoms with Crippen LogP contribution in [0.2, 0.25) is 0 Å². The summed E-state index contributed by atoms with van der Waals surface area (Å²) in [5, 5.41) is 3.88. The molecule has 28 heavy (non-hydrogen) atoms. The molecule has 2 aromatic carbocycles. The molecule has 0 saturated carbocycles. The first-order chi connectivity index (χ1) is 13.8. The molecule has 0 spiro atoms. The molecule has 5 nitrogen and oxygen atoms in total. The summed E-state index contributed by atoms with van der Waals surface area (Å²) in [6, 6.07) is 19.8. The van der Waals surface area contributed by atoms with E-state index in [-0.39, 0.29) is 5.91 Å². The van der Waals surface area contributed by atoms with Gasteiger partial charge in [0.15, 0.2) is 5.76 Å². The minimum atomic E-state index is -0.00316. The number of carbonyl (C=O) groups is 1. The van der Waals surface area contributed by atoms with Crippen LogP contribution in [0.1, 0.15) is 34.5 Å². The van der Waals surface area contributed by atoms with Crippen LogP contribution < -0.4 is 4.74 Å². The molecule has 1 aliphatic rings. The highest BCUT2D eigenvalue weighted by atomic mass is 16.5. The number of rotatable bonds is 6. The van der Waals surface area contributed by atoms with Crippen molar-refractivity contribution in [3.8, 4) is 5.75 Å². The first-order valence-corrected chi connectivity index (χ1v) is 9.74. The van der Waals surface area contributed by atoms with Gasteiger partial charge in [-0.05, 0) is 30.5 Å². The molecule has 4 rings (SSSR count). The third kappa shape index (κ3) is 4.42. The lowest BCUT2D eigenvalue weighted by atomic mass is 9.98. The van der Waals surface area contributed by atoms with Crippen molar-refractivity contribution in [2.24, 2.45) is 5.92 Å². The van der Waals surface area contributed by atoms with E-state index < -0.39 is 0 Å². The molecule has 1 amide bonds. The van der Waals surface area contributed by atoms with Crippen molar-refractivity contribution in [3.63, 3.8) is 0 Å². The van der Waals surface area contributed by atoms with Crippen molar-refractivity contribution in [1.82, 2.24) is 10.1 Å². The number of carbonyl (C=O) groups excluding carboxylic acids is 1. The highest BCUT2D eigenvalue weighted by molar-refractivity contribution is 5.95. The summed E-state index contributed by atoms with van der Waals surface area (Å²) in [5.74, 6) is 1.82. The van der Waals surface area contributed by atoms with Gasteiger partial charge in [-0.3, -0.25) is 4.79 Å². The van der Waals surface area contributed by atoms with Gasteiger partial charge in [0.05, 0.1) is 12.8 Å². The van der Waals surface area contributed by atoms with Gasteiger partial charge in [0, 0.05) is 25.4 Å². The van der Waals surface area contributed by atoms with Crippen molar-refractivity contribution < 1.29 is 14.1 Å². The van der Waals surface area contributed by atoms with Crippen LogP contribution in [-0.2, 0) is 6.42 Å². The number of aromatic nitrogens is 1. The summed E-state index contributed by atoms with van der Waals surface area (Å²) in [7, 11) is 0. The fraction of sp³-hybridized carbons (Fsp3) is 0.304. The zero-order chi connectivity index (χ0) is 19.2. The normalized spacial score (nSPS) is 16.7. The van der Waals surface area contributed by atoms with Crippen molar-refractivity contribution >= 4 is 5.91 Å². The van der Waals surface area contributed by atoms with Crippen LogP contribution in [0.15, 0.2) is 71.4 Å². The second-order valence-corrected chi connectivity index (χ2v) is 7.21. The Bertz CT molecular complexity index is 892.